The molecule has 0 amide bonds. The van der Waals surface area contributed by atoms with Crippen molar-refractivity contribution in [3.05, 3.63) is 46.0 Å². The van der Waals surface area contributed by atoms with Gasteiger partial charge in [-0.25, -0.2) is 0 Å². The quantitative estimate of drug-likeness (QED) is 0.226. The molecule has 0 saturated heterocycles. The number of carbonyl (C=O) groups excluding carboxylic acids is 3. The Hall–Kier alpha value is -2.03. The zero-order valence-corrected chi connectivity index (χ0v) is 25.9. The van der Waals surface area contributed by atoms with E-state index in [4.69, 9.17) is 0 Å². The number of Topliss-reactive ketones (excluding diaryl/α,β-unsaturated/α-hetero) is 3. The van der Waals surface area contributed by atoms with E-state index in [1.54, 1.807) is 5.57 Å². The molecule has 1 aromatic rings. The van der Waals surface area contributed by atoms with Gasteiger partial charge in [0.25, 0.3) is 0 Å². The van der Waals surface area contributed by atoms with Crippen molar-refractivity contribution < 1.29 is 14.4 Å². The van der Waals surface area contributed by atoms with Crippen molar-refractivity contribution in [2.24, 2.45) is 17.8 Å². The summed E-state index contributed by atoms with van der Waals surface area (Å²) in [4.78, 5) is 36.9. The van der Waals surface area contributed by atoms with Crippen LogP contribution >= 0.6 is 0 Å². The Morgan fingerprint density at radius 1 is 0.974 bits per heavy atom. The van der Waals surface area contributed by atoms with E-state index in [0.29, 0.717) is 12.3 Å². The van der Waals surface area contributed by atoms with Crippen LogP contribution < -0.4 is 0 Å². The second-order valence-corrected chi connectivity index (χ2v) is 11.6. The van der Waals surface area contributed by atoms with Crippen molar-refractivity contribution in [3.8, 4) is 0 Å². The number of ketones is 3. The van der Waals surface area contributed by atoms with Crippen molar-refractivity contribution in [3.63, 3.8) is 0 Å². The predicted octanol–water partition coefficient (Wildman–Crippen LogP) is 9.74. The number of hydrogen-bond donors (Lipinski definition) is 0. The molecule has 0 N–H and O–H groups in total. The summed E-state index contributed by atoms with van der Waals surface area (Å²) in [7, 11) is 0. The van der Waals surface area contributed by atoms with Gasteiger partial charge in [-0.15, -0.1) is 0 Å². The lowest BCUT2D eigenvalue weighted by molar-refractivity contribution is -0.129. The largest absolute Gasteiger partial charge is 0.300 e. The van der Waals surface area contributed by atoms with Gasteiger partial charge in [0, 0.05) is 17.9 Å². The van der Waals surface area contributed by atoms with E-state index in [9.17, 15) is 14.4 Å². The first-order valence-electron chi connectivity index (χ1n) is 15.4. The third-order valence-corrected chi connectivity index (χ3v) is 7.98. The normalized spacial score (nSPS) is 18.1. The lowest BCUT2D eigenvalue weighted by Gasteiger charge is -2.32. The van der Waals surface area contributed by atoms with E-state index in [2.05, 4.69) is 46.8 Å². The summed E-state index contributed by atoms with van der Waals surface area (Å²) in [6.07, 6.45) is 15.7. The Morgan fingerprint density at radius 3 is 2.13 bits per heavy atom. The standard InChI is InChI=1S/C24H34O3.C8H14.C3H8/c1-6-8-19(20(7-2)22(26)11-17(5)25)12-18-13-21-15(3)9-10-16(4)24(21)23(27)14-18;1-2-8-6-4-3-5-7-8;1-3-2/h9-10,18-20H,6-8,11-14H2,1-5H3;6H,2-5,7H2,1H3;3H2,1-2H3. The number of rotatable bonds is 10. The SMILES string of the molecule is CCC.CCC1=CCCCC1.CCCC(CC1CC(=O)c2c(C)ccc(C)c2C1)C(CC)C(=O)CC(C)=O. The third kappa shape index (κ3) is 11.0. The Kier molecular flexibility index (Phi) is 16.4. The third-order valence-electron chi connectivity index (χ3n) is 7.98. The van der Waals surface area contributed by atoms with Crippen molar-refractivity contribution in [2.45, 2.75) is 139 Å². The molecule has 0 bridgehead atoms. The van der Waals surface area contributed by atoms with E-state index in [1.165, 1.54) is 56.6 Å². The number of allylic oxidation sites excluding steroid dienone is 2. The fourth-order valence-corrected chi connectivity index (χ4v) is 6.12. The van der Waals surface area contributed by atoms with Gasteiger partial charge >= 0.3 is 0 Å². The molecule has 3 heteroatoms. The van der Waals surface area contributed by atoms with Gasteiger partial charge in [-0.1, -0.05) is 77.7 Å². The highest BCUT2D eigenvalue weighted by Gasteiger charge is 2.33. The van der Waals surface area contributed by atoms with Crippen LogP contribution in [0.2, 0.25) is 0 Å². The lowest BCUT2D eigenvalue weighted by Crippen LogP contribution is -2.30. The minimum atomic E-state index is -0.0658. The average Bonchev–Trinajstić information content (AvgIpc) is 2.87. The Labute approximate surface area is 234 Å². The van der Waals surface area contributed by atoms with Crippen LogP contribution in [0.4, 0.5) is 0 Å². The Morgan fingerprint density at radius 2 is 1.63 bits per heavy atom. The molecule has 2 aliphatic carbocycles. The van der Waals surface area contributed by atoms with Crippen molar-refractivity contribution >= 4 is 17.3 Å². The highest BCUT2D eigenvalue weighted by atomic mass is 16.1. The van der Waals surface area contributed by atoms with Gasteiger partial charge in [-0.2, -0.15) is 0 Å². The number of hydrogen-bond acceptors (Lipinski definition) is 3. The summed E-state index contributed by atoms with van der Waals surface area (Å²) in [5.41, 5.74) is 6.08. The van der Waals surface area contributed by atoms with E-state index in [1.807, 2.05) is 19.9 Å². The van der Waals surface area contributed by atoms with Crippen LogP contribution in [0, 0.1) is 31.6 Å². The van der Waals surface area contributed by atoms with Gasteiger partial charge in [-0.05, 0) is 101 Å². The molecule has 214 valence electrons. The van der Waals surface area contributed by atoms with Crippen LogP contribution in [0.1, 0.15) is 146 Å². The van der Waals surface area contributed by atoms with E-state index < -0.39 is 0 Å². The summed E-state index contributed by atoms with van der Waals surface area (Å²) in [5.74, 6) is 0.766. The van der Waals surface area contributed by atoms with Crippen LogP contribution in [0.15, 0.2) is 23.8 Å². The molecule has 38 heavy (non-hydrogen) atoms. The number of benzene rings is 1. The van der Waals surface area contributed by atoms with Crippen LogP contribution in [0.3, 0.4) is 0 Å². The monoisotopic (exact) mass is 524 g/mol. The van der Waals surface area contributed by atoms with Crippen LogP contribution in [-0.4, -0.2) is 17.3 Å². The molecule has 2 aliphatic rings. The van der Waals surface area contributed by atoms with Crippen molar-refractivity contribution in [1.82, 2.24) is 0 Å². The predicted molar refractivity (Wildman–Crippen MR) is 162 cm³/mol. The zero-order chi connectivity index (χ0) is 28.7. The minimum Gasteiger partial charge on any atom is -0.300 e. The van der Waals surface area contributed by atoms with Crippen molar-refractivity contribution in [1.29, 1.82) is 0 Å². The second-order valence-electron chi connectivity index (χ2n) is 11.6. The first-order chi connectivity index (χ1) is 18.1. The topological polar surface area (TPSA) is 51.2 Å². The van der Waals surface area contributed by atoms with Gasteiger partial charge in [0.1, 0.15) is 11.6 Å². The maximum Gasteiger partial charge on any atom is 0.163 e. The first kappa shape index (κ1) is 34.0. The number of fused-ring (bicyclic) bond motifs is 1. The highest BCUT2D eigenvalue weighted by Crippen LogP contribution is 2.37. The molecule has 0 heterocycles. The summed E-state index contributed by atoms with van der Waals surface area (Å²) in [5, 5.41) is 0. The molecule has 0 saturated carbocycles. The molecular weight excluding hydrogens is 468 g/mol. The molecule has 0 radical (unpaired) electrons. The fourth-order valence-electron chi connectivity index (χ4n) is 6.12. The molecule has 3 unspecified atom stereocenters. The first-order valence-corrected chi connectivity index (χ1v) is 15.4. The highest BCUT2D eigenvalue weighted by molar-refractivity contribution is 6.00. The Balaban J connectivity index is 0.000000545. The van der Waals surface area contributed by atoms with Crippen LogP contribution in [-0.2, 0) is 16.0 Å². The molecule has 0 spiro atoms. The smallest absolute Gasteiger partial charge is 0.163 e. The molecule has 3 nitrogen and oxygen atoms in total. The van der Waals surface area contributed by atoms with Crippen molar-refractivity contribution in [2.75, 3.05) is 0 Å². The van der Waals surface area contributed by atoms with Gasteiger partial charge in [0.2, 0.25) is 0 Å². The molecule has 3 atom stereocenters. The molecule has 1 aromatic carbocycles. The van der Waals surface area contributed by atoms with E-state index >= 15 is 0 Å². The molecule has 3 rings (SSSR count). The van der Waals surface area contributed by atoms with Crippen LogP contribution in [0.5, 0.6) is 0 Å². The van der Waals surface area contributed by atoms with Gasteiger partial charge in [-0.3, -0.25) is 14.4 Å². The molecule has 0 aliphatic heterocycles. The van der Waals surface area contributed by atoms with Gasteiger partial charge < -0.3 is 0 Å². The summed E-state index contributed by atoms with van der Waals surface area (Å²) >= 11 is 0. The number of aryl methyl sites for hydroxylation is 2. The average molecular weight is 525 g/mol. The molecular formula is C35H56O3. The van der Waals surface area contributed by atoms with Crippen LogP contribution in [0.25, 0.3) is 0 Å². The summed E-state index contributed by atoms with van der Waals surface area (Å²) < 4.78 is 0. The van der Waals surface area contributed by atoms with E-state index in [0.717, 1.165) is 43.2 Å². The van der Waals surface area contributed by atoms with Gasteiger partial charge in [0.15, 0.2) is 5.78 Å². The lowest BCUT2D eigenvalue weighted by atomic mass is 9.71. The maximum absolute atomic E-state index is 12.8. The van der Waals surface area contributed by atoms with Gasteiger partial charge in [0.05, 0.1) is 6.42 Å². The summed E-state index contributed by atoms with van der Waals surface area (Å²) in [6.45, 7) is 16.3. The molecule has 0 aromatic heterocycles. The maximum atomic E-state index is 12.8. The van der Waals surface area contributed by atoms with E-state index in [-0.39, 0.29) is 35.6 Å². The second kappa shape index (κ2) is 18.3. The molecule has 0 fully saturated rings. The number of carbonyl (C=O) groups is 3. The fraction of sp³-hybridized carbons (Fsp3) is 0.686. The minimum absolute atomic E-state index is 0.0451. The zero-order valence-electron chi connectivity index (χ0n) is 25.9. The summed E-state index contributed by atoms with van der Waals surface area (Å²) in [6, 6.07) is 4.15. The Bertz CT molecular complexity index is 923.